The lowest BCUT2D eigenvalue weighted by Crippen LogP contribution is -2.32. The minimum absolute atomic E-state index is 0.0635. The molecule has 0 unspecified atom stereocenters. The van der Waals surface area contributed by atoms with E-state index in [-0.39, 0.29) is 43.5 Å². The van der Waals surface area contributed by atoms with Crippen LogP contribution in [0.15, 0.2) is 24.3 Å². The third kappa shape index (κ3) is 3.91. The number of likely N-dealkylation sites (tertiary alicyclic amines) is 1. The Morgan fingerprint density at radius 1 is 1.23 bits per heavy atom. The highest BCUT2D eigenvalue weighted by atomic mass is 32.1. The minimum atomic E-state index is -0.271. The summed E-state index contributed by atoms with van der Waals surface area (Å²) in [7, 11) is 1.61. The lowest BCUT2D eigenvalue weighted by Gasteiger charge is -2.12. The molecule has 1 aliphatic rings. The number of thiazole rings is 1. The van der Waals surface area contributed by atoms with Crippen molar-refractivity contribution in [1.82, 2.24) is 9.88 Å². The van der Waals surface area contributed by atoms with Gasteiger partial charge in [0.25, 0.3) is 0 Å². The zero-order valence-corrected chi connectivity index (χ0v) is 15.4. The van der Waals surface area contributed by atoms with Crippen molar-refractivity contribution in [2.45, 2.75) is 26.2 Å². The van der Waals surface area contributed by atoms with Gasteiger partial charge in [0.1, 0.15) is 5.75 Å². The molecule has 2 heterocycles. The van der Waals surface area contributed by atoms with Crippen LogP contribution in [0.2, 0.25) is 0 Å². The van der Waals surface area contributed by atoms with E-state index in [1.807, 2.05) is 31.2 Å². The molecule has 8 heteroatoms. The van der Waals surface area contributed by atoms with E-state index in [1.165, 1.54) is 11.3 Å². The summed E-state index contributed by atoms with van der Waals surface area (Å²) >= 11 is 1.38. The first-order valence-electron chi connectivity index (χ1n) is 8.23. The zero-order valence-electron chi connectivity index (χ0n) is 14.6. The molecule has 1 aromatic carbocycles. The number of anilines is 1. The number of aryl methyl sites for hydroxylation is 1. The van der Waals surface area contributed by atoms with Crippen molar-refractivity contribution in [3.63, 3.8) is 0 Å². The molecule has 26 heavy (non-hydrogen) atoms. The van der Waals surface area contributed by atoms with Crippen molar-refractivity contribution in [3.8, 4) is 17.0 Å². The Morgan fingerprint density at radius 3 is 2.50 bits per heavy atom. The summed E-state index contributed by atoms with van der Waals surface area (Å²) in [6.45, 7) is 2.05. The number of rotatable bonds is 6. The van der Waals surface area contributed by atoms with Crippen LogP contribution in [0.25, 0.3) is 11.3 Å². The maximum Gasteiger partial charge on any atom is 0.229 e. The minimum Gasteiger partial charge on any atom is -0.497 e. The summed E-state index contributed by atoms with van der Waals surface area (Å²) in [6, 6.07) is 7.54. The number of ether oxygens (including phenoxy) is 1. The van der Waals surface area contributed by atoms with E-state index in [0.717, 1.165) is 26.8 Å². The van der Waals surface area contributed by atoms with Gasteiger partial charge in [-0.05, 0) is 31.2 Å². The highest BCUT2D eigenvalue weighted by molar-refractivity contribution is 7.16. The average Bonchev–Trinajstić information content (AvgIpc) is 3.15. The molecule has 0 atom stereocenters. The topological polar surface area (TPSA) is 88.6 Å². The lowest BCUT2D eigenvalue weighted by atomic mass is 10.1. The molecule has 0 saturated carbocycles. The second-order valence-corrected chi connectivity index (χ2v) is 7.09. The molecule has 2 aromatic rings. The maximum atomic E-state index is 12.1. The van der Waals surface area contributed by atoms with Gasteiger partial charge < -0.3 is 10.1 Å². The fourth-order valence-electron chi connectivity index (χ4n) is 2.73. The van der Waals surface area contributed by atoms with Gasteiger partial charge in [-0.1, -0.05) is 0 Å². The smallest absolute Gasteiger partial charge is 0.229 e. The van der Waals surface area contributed by atoms with Crippen LogP contribution < -0.4 is 10.1 Å². The second kappa shape index (κ2) is 7.65. The van der Waals surface area contributed by atoms with Crippen LogP contribution in [0.1, 0.15) is 24.1 Å². The Morgan fingerprint density at radius 2 is 1.88 bits per heavy atom. The van der Waals surface area contributed by atoms with Crippen molar-refractivity contribution >= 4 is 34.2 Å². The van der Waals surface area contributed by atoms with E-state index in [1.54, 1.807) is 7.11 Å². The Hall–Kier alpha value is -2.74. The van der Waals surface area contributed by atoms with Gasteiger partial charge in [-0.3, -0.25) is 19.3 Å². The van der Waals surface area contributed by atoms with Gasteiger partial charge in [0, 0.05) is 36.2 Å². The van der Waals surface area contributed by atoms with Crippen molar-refractivity contribution < 1.29 is 19.1 Å². The zero-order chi connectivity index (χ0) is 18.7. The van der Waals surface area contributed by atoms with E-state index >= 15 is 0 Å². The largest absolute Gasteiger partial charge is 0.497 e. The summed E-state index contributed by atoms with van der Waals surface area (Å²) in [5.41, 5.74) is 1.74. The first-order valence-corrected chi connectivity index (χ1v) is 9.04. The van der Waals surface area contributed by atoms with Crippen LogP contribution in [0.5, 0.6) is 5.75 Å². The van der Waals surface area contributed by atoms with Gasteiger partial charge in [-0.25, -0.2) is 4.98 Å². The molecule has 3 rings (SSSR count). The van der Waals surface area contributed by atoms with Gasteiger partial charge in [-0.15, -0.1) is 11.3 Å². The van der Waals surface area contributed by atoms with Gasteiger partial charge in [0.15, 0.2) is 5.13 Å². The van der Waals surface area contributed by atoms with Crippen LogP contribution in [0.4, 0.5) is 5.13 Å². The normalized spacial score (nSPS) is 14.0. The quantitative estimate of drug-likeness (QED) is 0.786. The van der Waals surface area contributed by atoms with E-state index in [9.17, 15) is 14.4 Å². The SMILES string of the molecule is COc1ccc(-c2nc(NC(=O)CCN3C(=O)CCC3=O)sc2C)cc1. The van der Waals surface area contributed by atoms with Gasteiger partial charge in [0.2, 0.25) is 17.7 Å². The molecule has 3 amide bonds. The van der Waals surface area contributed by atoms with Gasteiger partial charge in [-0.2, -0.15) is 0 Å². The molecule has 0 aliphatic carbocycles. The van der Waals surface area contributed by atoms with Crippen LogP contribution >= 0.6 is 11.3 Å². The molecule has 0 bridgehead atoms. The van der Waals surface area contributed by atoms with Gasteiger partial charge in [0.05, 0.1) is 12.8 Å². The summed E-state index contributed by atoms with van der Waals surface area (Å²) in [5.74, 6) is 0.0677. The number of nitrogens with one attached hydrogen (secondary N) is 1. The van der Waals surface area contributed by atoms with E-state index in [2.05, 4.69) is 10.3 Å². The van der Waals surface area contributed by atoms with E-state index in [0.29, 0.717) is 5.13 Å². The third-order valence-electron chi connectivity index (χ3n) is 4.12. The number of benzene rings is 1. The number of carbonyl (C=O) groups excluding carboxylic acids is 3. The molecule has 1 aliphatic heterocycles. The highest BCUT2D eigenvalue weighted by Crippen LogP contribution is 2.31. The maximum absolute atomic E-state index is 12.1. The number of amides is 3. The van der Waals surface area contributed by atoms with Crippen LogP contribution in [-0.4, -0.2) is 41.3 Å². The molecule has 1 N–H and O–H groups in total. The monoisotopic (exact) mass is 373 g/mol. The number of hydrogen-bond donors (Lipinski definition) is 1. The molecular weight excluding hydrogens is 354 g/mol. The first kappa shape index (κ1) is 18.1. The summed E-state index contributed by atoms with van der Waals surface area (Å²) in [5, 5.41) is 3.24. The molecule has 1 saturated heterocycles. The number of carbonyl (C=O) groups is 3. The molecule has 0 radical (unpaired) electrons. The predicted molar refractivity (Wildman–Crippen MR) is 98.0 cm³/mol. The molecule has 0 spiro atoms. The molecule has 7 nitrogen and oxygen atoms in total. The van der Waals surface area contributed by atoms with Crippen molar-refractivity contribution in [2.75, 3.05) is 19.0 Å². The van der Waals surface area contributed by atoms with Crippen molar-refractivity contribution in [1.29, 1.82) is 0 Å². The molecule has 1 fully saturated rings. The number of methoxy groups -OCH3 is 1. The predicted octanol–water partition coefficient (Wildman–Crippen LogP) is 2.60. The summed E-state index contributed by atoms with van der Waals surface area (Å²) in [4.78, 5) is 41.8. The Balaban J connectivity index is 1.62. The Labute approximate surface area is 155 Å². The average molecular weight is 373 g/mol. The third-order valence-corrected chi connectivity index (χ3v) is 5.01. The second-order valence-electron chi connectivity index (χ2n) is 5.89. The Kier molecular flexibility index (Phi) is 5.32. The van der Waals surface area contributed by atoms with E-state index in [4.69, 9.17) is 4.74 Å². The molecule has 136 valence electrons. The van der Waals surface area contributed by atoms with Crippen LogP contribution in [-0.2, 0) is 14.4 Å². The number of hydrogen-bond acceptors (Lipinski definition) is 6. The summed E-state index contributed by atoms with van der Waals surface area (Å²) in [6.07, 6.45) is 0.530. The highest BCUT2D eigenvalue weighted by Gasteiger charge is 2.28. The van der Waals surface area contributed by atoms with Gasteiger partial charge >= 0.3 is 0 Å². The fourth-order valence-corrected chi connectivity index (χ4v) is 3.59. The lowest BCUT2D eigenvalue weighted by molar-refractivity contribution is -0.138. The van der Waals surface area contributed by atoms with E-state index < -0.39 is 0 Å². The van der Waals surface area contributed by atoms with Crippen molar-refractivity contribution in [2.24, 2.45) is 0 Å². The standard InChI is InChI=1S/C18H19N3O4S/c1-11-17(12-3-5-13(25-2)6-4-12)20-18(26-11)19-14(22)9-10-21-15(23)7-8-16(21)24/h3-6H,7-10H2,1-2H3,(H,19,20,22). The van der Waals surface area contributed by atoms with Crippen molar-refractivity contribution in [3.05, 3.63) is 29.1 Å². The first-order chi connectivity index (χ1) is 12.5. The summed E-state index contributed by atoms with van der Waals surface area (Å²) < 4.78 is 5.15. The number of aromatic nitrogens is 1. The Bertz CT molecular complexity index is 829. The van der Waals surface area contributed by atoms with Crippen LogP contribution in [0, 0.1) is 6.92 Å². The number of nitrogens with zero attached hydrogens (tertiary/aromatic N) is 2. The molecular formula is C18H19N3O4S. The fraction of sp³-hybridized carbons (Fsp3) is 0.333. The van der Waals surface area contributed by atoms with Crippen LogP contribution in [0.3, 0.4) is 0 Å². The number of imide groups is 1. The molecule has 1 aromatic heterocycles.